The molecular formula is C25H30ClNO. The second-order valence-corrected chi connectivity index (χ2v) is 10.7. The van der Waals surface area contributed by atoms with Crippen LogP contribution in [0.1, 0.15) is 68.2 Å². The topological polar surface area (TPSA) is 23.5 Å². The second-order valence-electron chi connectivity index (χ2n) is 10.2. The number of aliphatic hydroxyl groups is 1. The van der Waals surface area contributed by atoms with Crippen molar-refractivity contribution in [3.05, 3.63) is 69.7 Å². The molecule has 2 atom stereocenters. The van der Waals surface area contributed by atoms with Gasteiger partial charge in [-0.25, -0.2) is 0 Å². The van der Waals surface area contributed by atoms with Gasteiger partial charge in [0.05, 0.1) is 5.60 Å². The van der Waals surface area contributed by atoms with E-state index in [0.717, 1.165) is 43.9 Å². The molecule has 0 aromatic heterocycles. The van der Waals surface area contributed by atoms with Gasteiger partial charge in [-0.15, -0.1) is 0 Å². The summed E-state index contributed by atoms with van der Waals surface area (Å²) in [5.74, 6) is 0.500. The Balaban J connectivity index is 1.49. The molecule has 0 saturated carbocycles. The van der Waals surface area contributed by atoms with E-state index in [9.17, 15) is 5.11 Å². The fraction of sp³-hybridized carbons (Fsp3) is 0.520. The summed E-state index contributed by atoms with van der Waals surface area (Å²) in [7, 11) is 0. The van der Waals surface area contributed by atoms with Crippen molar-refractivity contribution >= 4 is 11.6 Å². The Hall–Kier alpha value is -1.35. The van der Waals surface area contributed by atoms with Crippen LogP contribution in [0.3, 0.4) is 0 Å². The van der Waals surface area contributed by atoms with Crippen LogP contribution in [0.4, 0.5) is 0 Å². The predicted molar refractivity (Wildman–Crippen MR) is 115 cm³/mol. The molecule has 1 fully saturated rings. The average Bonchev–Trinajstić information content (AvgIpc) is 3.14. The predicted octanol–water partition coefficient (Wildman–Crippen LogP) is 5.35. The number of hydrogen-bond donors (Lipinski definition) is 1. The summed E-state index contributed by atoms with van der Waals surface area (Å²) in [6, 6.07) is 15.5. The number of halogens is 1. The molecule has 0 amide bonds. The van der Waals surface area contributed by atoms with Crippen LogP contribution in [0.5, 0.6) is 0 Å². The molecule has 148 valence electrons. The van der Waals surface area contributed by atoms with Gasteiger partial charge in [-0.05, 0) is 59.1 Å². The highest BCUT2D eigenvalue weighted by Gasteiger charge is 2.54. The summed E-state index contributed by atoms with van der Waals surface area (Å²) in [5.41, 5.74) is 5.29. The first-order valence-corrected chi connectivity index (χ1v) is 11.0. The fourth-order valence-electron chi connectivity index (χ4n) is 6.03. The molecule has 1 saturated heterocycles. The van der Waals surface area contributed by atoms with Gasteiger partial charge in [0.1, 0.15) is 0 Å². The van der Waals surface area contributed by atoms with E-state index in [-0.39, 0.29) is 10.8 Å². The molecule has 2 nitrogen and oxygen atoms in total. The molecule has 3 heteroatoms. The molecule has 1 N–H and O–H groups in total. The van der Waals surface area contributed by atoms with Gasteiger partial charge in [0, 0.05) is 36.0 Å². The number of fused-ring (bicyclic) bond motifs is 8. The highest BCUT2D eigenvalue weighted by atomic mass is 35.5. The van der Waals surface area contributed by atoms with Gasteiger partial charge in [0.15, 0.2) is 0 Å². The average molecular weight is 396 g/mol. The third-order valence-electron chi connectivity index (χ3n) is 7.88. The summed E-state index contributed by atoms with van der Waals surface area (Å²) < 4.78 is 0. The molecule has 2 aromatic carbocycles. The van der Waals surface area contributed by atoms with E-state index in [1.54, 1.807) is 0 Å². The minimum atomic E-state index is -0.561. The highest BCUT2D eigenvalue weighted by molar-refractivity contribution is 6.30. The Kier molecular flexibility index (Phi) is 4.05. The van der Waals surface area contributed by atoms with E-state index in [4.69, 9.17) is 11.6 Å². The third kappa shape index (κ3) is 2.54. The zero-order valence-corrected chi connectivity index (χ0v) is 17.9. The Morgan fingerprint density at radius 1 is 1.04 bits per heavy atom. The SMILES string of the molecule is CC(C)(C)C1(O)CCN(C[C@]23C[C@@H](c4ccccc42)c2ccc(Cl)cc23)CC1. The van der Waals surface area contributed by atoms with Crippen LogP contribution in [-0.2, 0) is 5.41 Å². The van der Waals surface area contributed by atoms with E-state index in [2.05, 4.69) is 62.1 Å². The standard InChI is InChI=1S/C25H30ClNO/c1-23(2,3)25(28)10-12-27(13-11-25)16-24-15-20(18-6-4-5-7-21(18)24)19-9-8-17(26)14-22(19)24/h4-9,14,20,28H,10-13,15-16H2,1-3H3/t20-,24+/m0/s1. The summed E-state index contributed by atoms with van der Waals surface area (Å²) in [5, 5.41) is 12.0. The van der Waals surface area contributed by atoms with Crippen molar-refractivity contribution in [2.45, 2.75) is 57.0 Å². The van der Waals surface area contributed by atoms with Crippen LogP contribution >= 0.6 is 11.6 Å². The number of piperidine rings is 1. The Morgan fingerprint density at radius 2 is 1.71 bits per heavy atom. The van der Waals surface area contributed by atoms with E-state index in [0.29, 0.717) is 5.92 Å². The minimum Gasteiger partial charge on any atom is -0.389 e. The molecule has 0 spiro atoms. The van der Waals surface area contributed by atoms with Crippen molar-refractivity contribution < 1.29 is 5.11 Å². The molecule has 2 bridgehead atoms. The third-order valence-corrected chi connectivity index (χ3v) is 8.12. The van der Waals surface area contributed by atoms with Crippen molar-refractivity contribution in [3.63, 3.8) is 0 Å². The molecule has 3 aliphatic rings. The van der Waals surface area contributed by atoms with Crippen molar-refractivity contribution in [2.75, 3.05) is 19.6 Å². The molecule has 0 unspecified atom stereocenters. The van der Waals surface area contributed by atoms with E-state index >= 15 is 0 Å². The number of hydrogen-bond acceptors (Lipinski definition) is 2. The quantitative estimate of drug-likeness (QED) is 0.741. The molecule has 2 aliphatic carbocycles. The molecular weight excluding hydrogens is 366 g/mol. The first kappa shape index (κ1) is 18.7. The van der Waals surface area contributed by atoms with Crippen LogP contribution < -0.4 is 0 Å². The van der Waals surface area contributed by atoms with Crippen molar-refractivity contribution in [1.29, 1.82) is 0 Å². The summed E-state index contributed by atoms with van der Waals surface area (Å²) in [6.07, 6.45) is 2.85. The first-order chi connectivity index (χ1) is 13.2. The van der Waals surface area contributed by atoms with Gasteiger partial charge < -0.3 is 10.0 Å². The second kappa shape index (κ2) is 6.08. The van der Waals surface area contributed by atoms with E-state index in [1.165, 1.54) is 22.3 Å². The molecule has 28 heavy (non-hydrogen) atoms. The lowest BCUT2D eigenvalue weighted by atomic mass is 9.70. The van der Waals surface area contributed by atoms with Crippen molar-refractivity contribution in [1.82, 2.24) is 4.90 Å². The van der Waals surface area contributed by atoms with Crippen LogP contribution in [0.15, 0.2) is 42.5 Å². The summed E-state index contributed by atoms with van der Waals surface area (Å²) in [4.78, 5) is 2.58. The number of likely N-dealkylation sites (tertiary alicyclic amines) is 1. The van der Waals surface area contributed by atoms with Crippen LogP contribution in [0.2, 0.25) is 5.02 Å². The van der Waals surface area contributed by atoms with Crippen LogP contribution in [0.25, 0.3) is 0 Å². The molecule has 1 aliphatic heterocycles. The number of rotatable bonds is 2. The Morgan fingerprint density at radius 3 is 2.43 bits per heavy atom. The maximum absolute atomic E-state index is 11.1. The first-order valence-electron chi connectivity index (χ1n) is 10.6. The molecule has 0 radical (unpaired) electrons. The van der Waals surface area contributed by atoms with Gasteiger partial charge in [-0.3, -0.25) is 0 Å². The zero-order chi connectivity index (χ0) is 19.7. The van der Waals surface area contributed by atoms with Gasteiger partial charge in [-0.1, -0.05) is 62.7 Å². The largest absolute Gasteiger partial charge is 0.389 e. The maximum Gasteiger partial charge on any atom is 0.0720 e. The lowest BCUT2D eigenvalue weighted by molar-refractivity contribution is -0.100. The van der Waals surface area contributed by atoms with Crippen molar-refractivity contribution in [2.24, 2.45) is 5.41 Å². The maximum atomic E-state index is 11.1. The van der Waals surface area contributed by atoms with Gasteiger partial charge in [0.25, 0.3) is 0 Å². The van der Waals surface area contributed by atoms with Crippen molar-refractivity contribution in [3.8, 4) is 0 Å². The zero-order valence-electron chi connectivity index (χ0n) is 17.1. The number of nitrogens with zero attached hydrogens (tertiary/aromatic N) is 1. The Bertz CT molecular complexity index is 922. The normalized spacial score (nSPS) is 28.2. The fourth-order valence-corrected chi connectivity index (χ4v) is 6.20. The summed E-state index contributed by atoms with van der Waals surface area (Å²) in [6.45, 7) is 9.42. The molecule has 2 aromatic rings. The lowest BCUT2D eigenvalue weighted by Gasteiger charge is -2.48. The van der Waals surface area contributed by atoms with Crippen LogP contribution in [-0.4, -0.2) is 35.2 Å². The highest BCUT2D eigenvalue weighted by Crippen LogP contribution is 2.60. The van der Waals surface area contributed by atoms with E-state index < -0.39 is 5.60 Å². The minimum absolute atomic E-state index is 0.0404. The van der Waals surface area contributed by atoms with Gasteiger partial charge >= 0.3 is 0 Å². The van der Waals surface area contributed by atoms with Gasteiger partial charge in [-0.2, -0.15) is 0 Å². The number of benzene rings is 2. The van der Waals surface area contributed by atoms with E-state index in [1.807, 2.05) is 6.07 Å². The van der Waals surface area contributed by atoms with Crippen LogP contribution in [0, 0.1) is 5.41 Å². The smallest absolute Gasteiger partial charge is 0.0720 e. The van der Waals surface area contributed by atoms with Gasteiger partial charge in [0.2, 0.25) is 0 Å². The molecule has 5 rings (SSSR count). The monoisotopic (exact) mass is 395 g/mol. The summed E-state index contributed by atoms with van der Waals surface area (Å²) >= 11 is 6.43. The lowest BCUT2D eigenvalue weighted by Crippen LogP contribution is -2.53. The molecule has 1 heterocycles. The Labute approximate surface area is 173 Å².